The van der Waals surface area contributed by atoms with E-state index in [0.717, 1.165) is 18.4 Å². The molecule has 2 rings (SSSR count). The van der Waals surface area contributed by atoms with Crippen LogP contribution in [0.25, 0.3) is 0 Å². The molecule has 1 heterocycles. The zero-order chi connectivity index (χ0) is 17.0. The van der Waals surface area contributed by atoms with Gasteiger partial charge >= 0.3 is 0 Å². The molecule has 1 aromatic carbocycles. The van der Waals surface area contributed by atoms with E-state index in [4.69, 9.17) is 22.1 Å². The molecule has 0 spiro atoms. The third-order valence-corrected chi connectivity index (χ3v) is 6.77. The molecule has 1 aliphatic rings. The number of hydrogen-bond donors (Lipinski definition) is 1. The summed E-state index contributed by atoms with van der Waals surface area (Å²) in [6.07, 6.45) is 3.10. The van der Waals surface area contributed by atoms with E-state index in [1.165, 1.54) is 4.31 Å². The highest BCUT2D eigenvalue weighted by Gasteiger charge is 2.37. The molecule has 2 N–H and O–H groups in total. The fourth-order valence-electron chi connectivity index (χ4n) is 3.05. The maximum Gasteiger partial charge on any atom is 0.244 e. The average molecular weight is 361 g/mol. The number of rotatable bonds is 6. The summed E-state index contributed by atoms with van der Waals surface area (Å²) in [5, 5.41) is 0.259. The predicted molar refractivity (Wildman–Crippen MR) is 92.2 cm³/mol. The van der Waals surface area contributed by atoms with E-state index in [9.17, 15) is 8.42 Å². The SMILES string of the molecule is CCCc1ccc(Cl)c(S(=O)(=O)N2CCC(OC)CC2CN)c1. The van der Waals surface area contributed by atoms with Crippen molar-refractivity contribution in [1.82, 2.24) is 4.31 Å². The van der Waals surface area contributed by atoms with Crippen LogP contribution < -0.4 is 5.73 Å². The van der Waals surface area contributed by atoms with Gasteiger partial charge in [-0.3, -0.25) is 0 Å². The topological polar surface area (TPSA) is 72.6 Å². The second-order valence-corrected chi connectivity index (χ2v) is 8.17. The summed E-state index contributed by atoms with van der Waals surface area (Å²) >= 11 is 6.19. The van der Waals surface area contributed by atoms with Gasteiger partial charge in [-0.2, -0.15) is 4.31 Å². The van der Waals surface area contributed by atoms with Gasteiger partial charge in [-0.05, 0) is 37.0 Å². The van der Waals surface area contributed by atoms with Crippen LogP contribution in [0, 0.1) is 0 Å². The summed E-state index contributed by atoms with van der Waals surface area (Å²) in [7, 11) is -2.01. The molecule has 2 unspecified atom stereocenters. The molecule has 0 bridgehead atoms. The number of nitrogens with zero attached hydrogens (tertiary/aromatic N) is 1. The zero-order valence-electron chi connectivity index (χ0n) is 13.7. The van der Waals surface area contributed by atoms with E-state index in [1.807, 2.05) is 6.07 Å². The van der Waals surface area contributed by atoms with Crippen LogP contribution >= 0.6 is 11.6 Å². The second kappa shape index (κ2) is 7.94. The molecular weight excluding hydrogens is 336 g/mol. The molecule has 23 heavy (non-hydrogen) atoms. The lowest BCUT2D eigenvalue weighted by atomic mass is 10.0. The first-order valence-corrected chi connectivity index (χ1v) is 9.79. The fraction of sp³-hybridized carbons (Fsp3) is 0.625. The van der Waals surface area contributed by atoms with Gasteiger partial charge in [-0.15, -0.1) is 0 Å². The second-order valence-electron chi connectivity index (χ2n) is 5.90. The van der Waals surface area contributed by atoms with Crippen molar-refractivity contribution in [2.45, 2.75) is 49.6 Å². The molecule has 0 amide bonds. The molecule has 2 atom stereocenters. The molecule has 1 fully saturated rings. The van der Waals surface area contributed by atoms with Crippen LogP contribution in [0.4, 0.5) is 0 Å². The summed E-state index contributed by atoms with van der Waals surface area (Å²) in [6, 6.07) is 4.97. The normalized spacial score (nSPS) is 23.1. The summed E-state index contributed by atoms with van der Waals surface area (Å²) < 4.78 is 33.0. The van der Waals surface area contributed by atoms with Gasteiger partial charge in [0, 0.05) is 26.2 Å². The average Bonchev–Trinajstić information content (AvgIpc) is 2.56. The lowest BCUT2D eigenvalue weighted by Gasteiger charge is -2.37. The Morgan fingerprint density at radius 2 is 2.17 bits per heavy atom. The first kappa shape index (κ1) is 18.7. The maximum atomic E-state index is 13.1. The van der Waals surface area contributed by atoms with Crippen molar-refractivity contribution >= 4 is 21.6 Å². The quantitative estimate of drug-likeness (QED) is 0.845. The molecule has 0 radical (unpaired) electrons. The van der Waals surface area contributed by atoms with Crippen molar-refractivity contribution in [3.05, 3.63) is 28.8 Å². The fourth-order valence-corrected chi connectivity index (χ4v) is 5.24. The summed E-state index contributed by atoms with van der Waals surface area (Å²) in [6.45, 7) is 2.73. The largest absolute Gasteiger partial charge is 0.381 e. The van der Waals surface area contributed by atoms with Crippen LogP contribution in [0.3, 0.4) is 0 Å². The summed E-state index contributed by atoms with van der Waals surface area (Å²) in [5.41, 5.74) is 6.78. The van der Waals surface area contributed by atoms with Crippen molar-refractivity contribution in [2.75, 3.05) is 20.2 Å². The third kappa shape index (κ3) is 4.06. The third-order valence-electron chi connectivity index (χ3n) is 4.34. The lowest BCUT2D eigenvalue weighted by molar-refractivity contribution is 0.0401. The minimum Gasteiger partial charge on any atom is -0.381 e. The van der Waals surface area contributed by atoms with E-state index in [0.29, 0.717) is 19.4 Å². The lowest BCUT2D eigenvalue weighted by Crippen LogP contribution is -2.51. The van der Waals surface area contributed by atoms with E-state index in [2.05, 4.69) is 6.92 Å². The van der Waals surface area contributed by atoms with Gasteiger partial charge < -0.3 is 10.5 Å². The Kier molecular flexibility index (Phi) is 6.45. The molecule has 5 nitrogen and oxygen atoms in total. The summed E-state index contributed by atoms with van der Waals surface area (Å²) in [5.74, 6) is 0. The van der Waals surface area contributed by atoms with Gasteiger partial charge in [-0.1, -0.05) is 31.0 Å². The van der Waals surface area contributed by atoms with Crippen molar-refractivity contribution in [1.29, 1.82) is 0 Å². The van der Waals surface area contributed by atoms with Crippen LogP contribution in [0.15, 0.2) is 23.1 Å². The molecule has 1 aromatic rings. The van der Waals surface area contributed by atoms with Gasteiger partial charge in [0.15, 0.2) is 0 Å². The van der Waals surface area contributed by atoms with Crippen LogP contribution in [0.1, 0.15) is 31.7 Å². The number of halogens is 1. The van der Waals surface area contributed by atoms with E-state index >= 15 is 0 Å². The molecule has 0 aliphatic carbocycles. The van der Waals surface area contributed by atoms with Crippen LogP contribution in [-0.2, 0) is 21.2 Å². The number of hydrogen-bond acceptors (Lipinski definition) is 4. The number of methoxy groups -OCH3 is 1. The minimum atomic E-state index is -3.66. The van der Waals surface area contributed by atoms with Gasteiger partial charge in [0.05, 0.1) is 11.1 Å². The van der Waals surface area contributed by atoms with Gasteiger partial charge in [0.1, 0.15) is 4.90 Å². The van der Waals surface area contributed by atoms with Crippen molar-refractivity contribution in [2.24, 2.45) is 5.73 Å². The standard InChI is InChI=1S/C16H25ClN2O3S/c1-3-4-12-5-6-15(17)16(9-12)23(20,21)19-8-7-14(22-2)10-13(19)11-18/h5-6,9,13-14H,3-4,7-8,10-11,18H2,1-2H3. The molecule has 1 aliphatic heterocycles. The smallest absolute Gasteiger partial charge is 0.244 e. The van der Waals surface area contributed by atoms with Crippen LogP contribution in [0.5, 0.6) is 0 Å². The van der Waals surface area contributed by atoms with Crippen molar-refractivity contribution in [3.63, 3.8) is 0 Å². The summed E-state index contributed by atoms with van der Waals surface area (Å²) in [4.78, 5) is 0.180. The first-order valence-electron chi connectivity index (χ1n) is 7.97. The molecule has 7 heteroatoms. The number of ether oxygens (including phenoxy) is 1. The number of aryl methyl sites for hydroxylation is 1. The highest BCUT2D eigenvalue weighted by atomic mass is 35.5. The van der Waals surface area contributed by atoms with Gasteiger partial charge in [0.25, 0.3) is 0 Å². The molecule has 0 aromatic heterocycles. The Hall–Kier alpha value is -0.660. The van der Waals surface area contributed by atoms with Crippen molar-refractivity contribution in [3.8, 4) is 0 Å². The first-order chi connectivity index (χ1) is 10.9. The number of nitrogens with two attached hydrogens (primary N) is 1. The Balaban J connectivity index is 2.35. The van der Waals surface area contributed by atoms with Crippen LogP contribution in [0.2, 0.25) is 5.02 Å². The highest BCUT2D eigenvalue weighted by Crippen LogP contribution is 2.31. The Morgan fingerprint density at radius 3 is 2.78 bits per heavy atom. The molecular formula is C16H25ClN2O3S. The maximum absolute atomic E-state index is 13.1. The Labute approximate surface area is 143 Å². The Bertz CT molecular complexity index is 636. The van der Waals surface area contributed by atoms with Gasteiger partial charge in [-0.25, -0.2) is 8.42 Å². The van der Waals surface area contributed by atoms with Crippen molar-refractivity contribution < 1.29 is 13.2 Å². The van der Waals surface area contributed by atoms with Gasteiger partial charge in [0.2, 0.25) is 10.0 Å². The molecule has 1 saturated heterocycles. The minimum absolute atomic E-state index is 0.0527. The molecule has 0 saturated carbocycles. The zero-order valence-corrected chi connectivity index (χ0v) is 15.2. The van der Waals surface area contributed by atoms with E-state index in [1.54, 1.807) is 19.2 Å². The highest BCUT2D eigenvalue weighted by molar-refractivity contribution is 7.89. The van der Waals surface area contributed by atoms with E-state index < -0.39 is 10.0 Å². The number of benzene rings is 1. The predicted octanol–water partition coefficient (Wildman–Crippen LogP) is 2.42. The number of sulfonamides is 1. The van der Waals surface area contributed by atoms with E-state index in [-0.39, 0.29) is 28.6 Å². The monoisotopic (exact) mass is 360 g/mol. The number of piperidine rings is 1. The van der Waals surface area contributed by atoms with Crippen LogP contribution in [-0.4, -0.2) is 45.1 Å². The molecule has 130 valence electrons. The Morgan fingerprint density at radius 1 is 1.43 bits per heavy atom.